The Morgan fingerprint density at radius 2 is 1.64 bits per heavy atom. The molecule has 1 aliphatic rings. The van der Waals surface area contributed by atoms with E-state index in [0.29, 0.717) is 29.4 Å². The van der Waals surface area contributed by atoms with Crippen molar-refractivity contribution in [2.75, 3.05) is 20.2 Å². The number of ether oxygens (including phenoxy) is 2. The number of rotatable bonds is 5. The number of hydrogen-bond acceptors (Lipinski definition) is 5. The number of benzene rings is 2. The molecule has 0 bridgehead atoms. The lowest BCUT2D eigenvalue weighted by Crippen LogP contribution is -2.41. The Kier molecular flexibility index (Phi) is 6.50. The van der Waals surface area contributed by atoms with Gasteiger partial charge in [-0.3, -0.25) is 4.79 Å². The molecular weight excluding hydrogens is 425 g/mol. The first-order chi connectivity index (χ1) is 13.3. The summed E-state index contributed by atoms with van der Waals surface area (Å²) in [6.45, 7) is 0.404. The summed E-state index contributed by atoms with van der Waals surface area (Å²) in [5.74, 6) is 0.343. The Morgan fingerprint density at radius 3 is 2.25 bits per heavy atom. The summed E-state index contributed by atoms with van der Waals surface area (Å²) in [5.41, 5.74) is 0. The molecule has 6 nitrogen and oxygen atoms in total. The van der Waals surface area contributed by atoms with Crippen LogP contribution in [0.3, 0.4) is 0 Å². The monoisotopic (exact) mass is 443 g/mol. The molecule has 2 aromatic rings. The topological polar surface area (TPSA) is 72.9 Å². The number of sulfonamides is 1. The fourth-order valence-corrected chi connectivity index (χ4v) is 5.20. The fourth-order valence-electron chi connectivity index (χ4n) is 2.99. The summed E-state index contributed by atoms with van der Waals surface area (Å²) in [7, 11) is -2.23. The van der Waals surface area contributed by atoms with Crippen LogP contribution in [0.5, 0.6) is 11.5 Å². The Balaban J connectivity index is 1.63. The zero-order valence-electron chi connectivity index (χ0n) is 15.1. The summed E-state index contributed by atoms with van der Waals surface area (Å²) < 4.78 is 37.5. The second-order valence-electron chi connectivity index (χ2n) is 6.35. The van der Waals surface area contributed by atoms with Crippen LogP contribution in [0.4, 0.5) is 0 Å². The summed E-state index contributed by atoms with van der Waals surface area (Å²) in [4.78, 5) is 12.4. The molecule has 0 atom stereocenters. The minimum atomic E-state index is -3.78. The van der Waals surface area contributed by atoms with E-state index in [2.05, 4.69) is 0 Å². The molecule has 2 aromatic carbocycles. The molecule has 1 fully saturated rings. The van der Waals surface area contributed by atoms with Crippen LogP contribution in [0.1, 0.15) is 12.8 Å². The van der Waals surface area contributed by atoms with Crippen LogP contribution in [-0.4, -0.2) is 38.9 Å². The highest BCUT2D eigenvalue weighted by Crippen LogP contribution is 2.31. The van der Waals surface area contributed by atoms with Crippen molar-refractivity contribution in [1.82, 2.24) is 4.31 Å². The second-order valence-corrected chi connectivity index (χ2v) is 9.10. The number of hydrogen-bond donors (Lipinski definition) is 0. The number of piperidine rings is 1. The van der Waals surface area contributed by atoms with Crippen molar-refractivity contribution in [2.45, 2.75) is 17.7 Å². The van der Waals surface area contributed by atoms with Gasteiger partial charge in [0, 0.05) is 18.1 Å². The molecule has 1 aliphatic heterocycles. The normalized spacial score (nSPS) is 16.0. The maximum absolute atomic E-state index is 12.8. The van der Waals surface area contributed by atoms with Gasteiger partial charge in [-0.25, -0.2) is 8.42 Å². The Hall–Kier alpha value is -1.80. The van der Waals surface area contributed by atoms with Gasteiger partial charge in [-0.15, -0.1) is 0 Å². The molecule has 0 N–H and O–H groups in total. The molecule has 0 aliphatic carbocycles. The quantitative estimate of drug-likeness (QED) is 0.515. The van der Waals surface area contributed by atoms with E-state index in [1.165, 1.54) is 22.5 Å². The number of carbonyl (C=O) groups excluding carboxylic acids is 1. The number of esters is 1. The molecule has 0 unspecified atom stereocenters. The van der Waals surface area contributed by atoms with Crippen molar-refractivity contribution < 1.29 is 22.7 Å². The van der Waals surface area contributed by atoms with Gasteiger partial charge in [0.25, 0.3) is 0 Å². The van der Waals surface area contributed by atoms with Crippen LogP contribution in [0.15, 0.2) is 47.4 Å². The molecule has 1 saturated heterocycles. The van der Waals surface area contributed by atoms with Crippen molar-refractivity contribution in [1.29, 1.82) is 0 Å². The summed E-state index contributed by atoms with van der Waals surface area (Å²) in [5, 5.41) is 0.409. The Bertz CT molecular complexity index is 955. The van der Waals surface area contributed by atoms with Crippen LogP contribution in [-0.2, 0) is 14.8 Å². The third-order valence-corrected chi connectivity index (χ3v) is 7.19. The molecule has 0 radical (unpaired) electrons. The molecule has 3 rings (SSSR count). The van der Waals surface area contributed by atoms with Crippen molar-refractivity contribution in [2.24, 2.45) is 5.92 Å². The average Bonchev–Trinajstić information content (AvgIpc) is 2.70. The highest BCUT2D eigenvalue weighted by atomic mass is 35.5. The minimum absolute atomic E-state index is 0.0269. The van der Waals surface area contributed by atoms with E-state index in [0.717, 1.165) is 0 Å². The van der Waals surface area contributed by atoms with Crippen molar-refractivity contribution in [3.63, 3.8) is 0 Å². The first-order valence-corrected chi connectivity index (χ1v) is 10.8. The van der Waals surface area contributed by atoms with E-state index in [1.54, 1.807) is 31.4 Å². The lowest BCUT2D eigenvalue weighted by molar-refractivity contribution is -0.140. The number of halogens is 2. The minimum Gasteiger partial charge on any atom is -0.497 e. The zero-order chi connectivity index (χ0) is 20.3. The fraction of sp³-hybridized carbons (Fsp3) is 0.316. The summed E-state index contributed by atoms with van der Waals surface area (Å²) in [6.07, 6.45) is 0.735. The maximum Gasteiger partial charge on any atom is 0.314 e. The molecule has 0 aromatic heterocycles. The summed E-state index contributed by atoms with van der Waals surface area (Å²) >= 11 is 12.0. The van der Waals surface area contributed by atoms with Gasteiger partial charge in [0.2, 0.25) is 10.0 Å². The van der Waals surface area contributed by atoms with Crippen LogP contribution in [0.2, 0.25) is 10.0 Å². The van der Waals surface area contributed by atoms with Crippen LogP contribution in [0, 0.1) is 5.92 Å². The van der Waals surface area contributed by atoms with Gasteiger partial charge in [0.05, 0.1) is 18.1 Å². The van der Waals surface area contributed by atoms with Crippen molar-refractivity contribution in [3.05, 3.63) is 52.5 Å². The van der Waals surface area contributed by atoms with Gasteiger partial charge in [0.1, 0.15) is 16.4 Å². The largest absolute Gasteiger partial charge is 0.497 e. The lowest BCUT2D eigenvalue weighted by Gasteiger charge is -2.30. The Labute approximate surface area is 174 Å². The highest BCUT2D eigenvalue weighted by molar-refractivity contribution is 7.89. The van der Waals surface area contributed by atoms with Crippen LogP contribution < -0.4 is 9.47 Å². The smallest absolute Gasteiger partial charge is 0.314 e. The van der Waals surface area contributed by atoms with Crippen molar-refractivity contribution >= 4 is 39.2 Å². The first kappa shape index (κ1) is 20.9. The van der Waals surface area contributed by atoms with E-state index < -0.39 is 10.0 Å². The highest BCUT2D eigenvalue weighted by Gasteiger charge is 2.34. The lowest BCUT2D eigenvalue weighted by atomic mass is 9.98. The first-order valence-electron chi connectivity index (χ1n) is 8.62. The maximum atomic E-state index is 12.8. The number of carbonyl (C=O) groups is 1. The molecular formula is C19H19Cl2NO5S. The van der Waals surface area contributed by atoms with Gasteiger partial charge in [-0.1, -0.05) is 23.2 Å². The van der Waals surface area contributed by atoms with E-state index >= 15 is 0 Å². The van der Waals surface area contributed by atoms with Crippen LogP contribution >= 0.6 is 23.2 Å². The third kappa shape index (κ3) is 4.60. The van der Waals surface area contributed by atoms with Crippen LogP contribution in [0.25, 0.3) is 0 Å². The summed E-state index contributed by atoms with van der Waals surface area (Å²) in [6, 6.07) is 11.0. The zero-order valence-corrected chi connectivity index (χ0v) is 17.4. The molecule has 0 amide bonds. The number of nitrogens with zero attached hydrogens (tertiary/aromatic N) is 1. The van der Waals surface area contributed by atoms with Gasteiger partial charge < -0.3 is 9.47 Å². The number of methoxy groups -OCH3 is 1. The van der Waals surface area contributed by atoms with E-state index in [-0.39, 0.29) is 34.9 Å². The van der Waals surface area contributed by atoms with Gasteiger partial charge in [-0.2, -0.15) is 4.31 Å². The average molecular weight is 444 g/mol. The molecule has 9 heteroatoms. The van der Waals surface area contributed by atoms with Gasteiger partial charge >= 0.3 is 5.97 Å². The van der Waals surface area contributed by atoms with E-state index in [1.807, 2.05) is 0 Å². The van der Waals surface area contributed by atoms with Gasteiger partial charge in [-0.05, 0) is 55.3 Å². The standard InChI is InChI=1S/C19H19Cl2NO5S/c1-26-15-3-5-16(6-4-15)27-19(23)13-8-10-22(11-9-13)28(24,25)18-12-14(20)2-7-17(18)21/h2-7,12-13H,8-11H2,1H3. The second kappa shape index (κ2) is 8.69. The third-order valence-electron chi connectivity index (χ3n) is 4.58. The molecule has 0 spiro atoms. The van der Waals surface area contributed by atoms with E-state index in [4.69, 9.17) is 32.7 Å². The predicted molar refractivity (Wildman–Crippen MR) is 107 cm³/mol. The van der Waals surface area contributed by atoms with E-state index in [9.17, 15) is 13.2 Å². The molecule has 150 valence electrons. The predicted octanol–water partition coefficient (Wildman–Crippen LogP) is 4.01. The molecule has 28 heavy (non-hydrogen) atoms. The Morgan fingerprint density at radius 1 is 1.04 bits per heavy atom. The molecule has 1 heterocycles. The van der Waals surface area contributed by atoms with Crippen molar-refractivity contribution in [3.8, 4) is 11.5 Å². The van der Waals surface area contributed by atoms with Gasteiger partial charge in [0.15, 0.2) is 0 Å². The molecule has 0 saturated carbocycles. The SMILES string of the molecule is COc1ccc(OC(=O)C2CCN(S(=O)(=O)c3cc(Cl)ccc3Cl)CC2)cc1.